The number of rotatable bonds is 9. The van der Waals surface area contributed by atoms with E-state index >= 15 is 0 Å². The number of unbranched alkanes of at least 4 members (excludes halogenated alkanes) is 1. The van der Waals surface area contributed by atoms with Crippen LogP contribution in [0.5, 0.6) is 11.5 Å². The molecule has 0 saturated heterocycles. The monoisotopic (exact) mass is 387 g/mol. The van der Waals surface area contributed by atoms with E-state index in [4.69, 9.17) is 9.47 Å². The molecule has 2 N–H and O–H groups in total. The van der Waals surface area contributed by atoms with E-state index in [0.29, 0.717) is 23.7 Å². The second-order valence-corrected chi connectivity index (χ2v) is 5.77. The summed E-state index contributed by atoms with van der Waals surface area (Å²) in [6.07, 6.45) is 1.99. The van der Waals surface area contributed by atoms with Crippen molar-refractivity contribution in [3.8, 4) is 11.5 Å². The Labute approximate surface area is 161 Å². The lowest BCUT2D eigenvalue weighted by Crippen LogP contribution is -2.43. The molecule has 0 aliphatic heterocycles. The van der Waals surface area contributed by atoms with Crippen LogP contribution in [0.4, 0.5) is 5.69 Å². The first kappa shape index (κ1) is 20.7. The summed E-state index contributed by atoms with van der Waals surface area (Å²) in [6, 6.07) is 11.9. The van der Waals surface area contributed by atoms with Gasteiger partial charge in [0.2, 0.25) is 0 Å². The van der Waals surface area contributed by atoms with Crippen molar-refractivity contribution in [2.75, 3.05) is 13.2 Å². The number of carbonyl (C=O) groups is 2. The molecule has 0 fully saturated rings. The SMILES string of the molecule is CCCCOc1ccc(C(=O)NNC(=O)COc2ccc([N+](=O)[O-])cc2)cc1. The predicted molar refractivity (Wildman–Crippen MR) is 101 cm³/mol. The zero-order valence-corrected chi connectivity index (χ0v) is 15.3. The number of nitrogens with zero attached hydrogens (tertiary/aromatic N) is 1. The van der Waals surface area contributed by atoms with E-state index in [1.54, 1.807) is 24.3 Å². The van der Waals surface area contributed by atoms with Gasteiger partial charge >= 0.3 is 0 Å². The zero-order chi connectivity index (χ0) is 20.4. The number of ether oxygens (including phenoxy) is 2. The second kappa shape index (κ2) is 10.5. The molecule has 0 radical (unpaired) electrons. The maximum Gasteiger partial charge on any atom is 0.276 e. The minimum absolute atomic E-state index is 0.0779. The number of carbonyl (C=O) groups excluding carboxylic acids is 2. The largest absolute Gasteiger partial charge is 0.494 e. The Kier molecular flexibility index (Phi) is 7.77. The molecule has 2 rings (SSSR count). The summed E-state index contributed by atoms with van der Waals surface area (Å²) < 4.78 is 10.7. The van der Waals surface area contributed by atoms with Crippen LogP contribution in [0.1, 0.15) is 30.1 Å². The van der Waals surface area contributed by atoms with Gasteiger partial charge < -0.3 is 9.47 Å². The van der Waals surface area contributed by atoms with Crippen LogP contribution in [0.15, 0.2) is 48.5 Å². The Morgan fingerprint density at radius 1 is 0.964 bits per heavy atom. The smallest absolute Gasteiger partial charge is 0.276 e. The highest BCUT2D eigenvalue weighted by atomic mass is 16.6. The molecule has 148 valence electrons. The molecular weight excluding hydrogens is 366 g/mol. The maximum atomic E-state index is 12.0. The number of hydrazine groups is 1. The summed E-state index contributed by atoms with van der Waals surface area (Å²) in [5, 5.41) is 10.6. The van der Waals surface area contributed by atoms with E-state index in [9.17, 15) is 19.7 Å². The Hall–Kier alpha value is -3.62. The molecule has 28 heavy (non-hydrogen) atoms. The van der Waals surface area contributed by atoms with Gasteiger partial charge in [-0.05, 0) is 42.8 Å². The normalized spacial score (nSPS) is 10.0. The molecule has 2 amide bonds. The van der Waals surface area contributed by atoms with Crippen LogP contribution < -0.4 is 20.3 Å². The van der Waals surface area contributed by atoms with Crippen molar-refractivity contribution in [3.05, 3.63) is 64.2 Å². The van der Waals surface area contributed by atoms with Crippen LogP contribution in [0, 0.1) is 10.1 Å². The average Bonchev–Trinajstić information content (AvgIpc) is 2.71. The number of non-ortho nitro benzene ring substituents is 1. The first-order chi connectivity index (χ1) is 13.5. The van der Waals surface area contributed by atoms with Gasteiger partial charge in [-0.2, -0.15) is 0 Å². The van der Waals surface area contributed by atoms with Gasteiger partial charge in [-0.1, -0.05) is 13.3 Å². The van der Waals surface area contributed by atoms with Gasteiger partial charge in [0, 0.05) is 17.7 Å². The minimum Gasteiger partial charge on any atom is -0.494 e. The topological polar surface area (TPSA) is 120 Å². The third-order valence-electron chi connectivity index (χ3n) is 3.62. The van der Waals surface area contributed by atoms with Gasteiger partial charge in [-0.15, -0.1) is 0 Å². The summed E-state index contributed by atoms with van der Waals surface area (Å²) in [7, 11) is 0. The first-order valence-corrected chi connectivity index (χ1v) is 8.69. The van der Waals surface area contributed by atoms with Crippen LogP contribution in [-0.2, 0) is 4.79 Å². The molecular formula is C19H21N3O6. The summed E-state index contributed by atoms with van der Waals surface area (Å²) in [6.45, 7) is 2.33. The number of hydrogen-bond donors (Lipinski definition) is 2. The van der Waals surface area contributed by atoms with Crippen LogP contribution in [0.2, 0.25) is 0 Å². The van der Waals surface area contributed by atoms with E-state index in [1.807, 2.05) is 0 Å². The number of nitro benzene ring substituents is 1. The molecule has 0 unspecified atom stereocenters. The van der Waals surface area contributed by atoms with Gasteiger partial charge in [-0.25, -0.2) is 0 Å². The molecule has 9 heteroatoms. The molecule has 0 bridgehead atoms. The van der Waals surface area contributed by atoms with Gasteiger partial charge in [0.25, 0.3) is 17.5 Å². The molecule has 0 aliphatic rings. The van der Waals surface area contributed by atoms with Crippen molar-refractivity contribution >= 4 is 17.5 Å². The summed E-state index contributed by atoms with van der Waals surface area (Å²) >= 11 is 0. The van der Waals surface area contributed by atoms with Crippen molar-refractivity contribution in [1.29, 1.82) is 0 Å². The Morgan fingerprint density at radius 2 is 1.57 bits per heavy atom. The standard InChI is InChI=1S/C19H21N3O6/c1-2-3-12-27-16-8-4-14(5-9-16)19(24)21-20-18(23)13-28-17-10-6-15(7-11-17)22(25)26/h4-11H,2-3,12-13H2,1H3,(H,20,23)(H,21,24). The van der Waals surface area contributed by atoms with E-state index in [0.717, 1.165) is 12.8 Å². The highest BCUT2D eigenvalue weighted by molar-refractivity contribution is 5.95. The Bertz CT molecular complexity index is 805. The number of hydrogen-bond acceptors (Lipinski definition) is 6. The molecule has 2 aromatic rings. The Balaban J connectivity index is 1.74. The number of nitro groups is 1. The van der Waals surface area contributed by atoms with Crippen LogP contribution in [0.3, 0.4) is 0 Å². The number of nitrogens with one attached hydrogen (secondary N) is 2. The van der Waals surface area contributed by atoms with Crippen molar-refractivity contribution in [3.63, 3.8) is 0 Å². The van der Waals surface area contributed by atoms with Crippen LogP contribution in [0.25, 0.3) is 0 Å². The van der Waals surface area contributed by atoms with Gasteiger partial charge in [0.1, 0.15) is 11.5 Å². The number of amides is 2. The van der Waals surface area contributed by atoms with Crippen molar-refractivity contribution in [2.45, 2.75) is 19.8 Å². The fourth-order valence-electron chi connectivity index (χ4n) is 2.08. The second-order valence-electron chi connectivity index (χ2n) is 5.77. The van der Waals surface area contributed by atoms with Crippen molar-refractivity contribution in [1.82, 2.24) is 10.9 Å². The molecule has 0 atom stereocenters. The van der Waals surface area contributed by atoms with Crippen molar-refractivity contribution in [2.24, 2.45) is 0 Å². The lowest BCUT2D eigenvalue weighted by Gasteiger charge is -2.09. The quantitative estimate of drug-likeness (QED) is 0.388. The molecule has 0 saturated carbocycles. The lowest BCUT2D eigenvalue weighted by atomic mass is 10.2. The lowest BCUT2D eigenvalue weighted by molar-refractivity contribution is -0.384. The Morgan fingerprint density at radius 3 is 2.18 bits per heavy atom. The van der Waals surface area contributed by atoms with Crippen molar-refractivity contribution < 1.29 is 24.0 Å². The highest BCUT2D eigenvalue weighted by Gasteiger charge is 2.09. The molecule has 0 spiro atoms. The molecule has 0 aromatic heterocycles. The highest BCUT2D eigenvalue weighted by Crippen LogP contribution is 2.17. The van der Waals surface area contributed by atoms with Gasteiger partial charge in [0.15, 0.2) is 6.61 Å². The van der Waals surface area contributed by atoms with E-state index < -0.39 is 16.7 Å². The van der Waals surface area contributed by atoms with E-state index in [-0.39, 0.29) is 12.3 Å². The molecule has 0 aliphatic carbocycles. The third-order valence-corrected chi connectivity index (χ3v) is 3.62. The van der Waals surface area contributed by atoms with Crippen LogP contribution in [-0.4, -0.2) is 30.0 Å². The predicted octanol–water partition coefficient (Wildman–Crippen LogP) is 2.61. The average molecular weight is 387 g/mol. The molecule has 9 nitrogen and oxygen atoms in total. The minimum atomic E-state index is -0.578. The fourth-order valence-corrected chi connectivity index (χ4v) is 2.08. The zero-order valence-electron chi connectivity index (χ0n) is 15.3. The third kappa shape index (κ3) is 6.60. The van der Waals surface area contributed by atoms with Crippen LogP contribution >= 0.6 is 0 Å². The molecule has 2 aromatic carbocycles. The van der Waals surface area contributed by atoms with E-state index in [1.165, 1.54) is 24.3 Å². The number of benzene rings is 2. The van der Waals surface area contributed by atoms with Gasteiger partial charge in [-0.3, -0.25) is 30.6 Å². The van der Waals surface area contributed by atoms with Gasteiger partial charge in [0.05, 0.1) is 11.5 Å². The summed E-state index contributed by atoms with van der Waals surface area (Å²) in [5.41, 5.74) is 4.80. The first-order valence-electron chi connectivity index (χ1n) is 8.69. The summed E-state index contributed by atoms with van der Waals surface area (Å²) in [4.78, 5) is 33.8. The summed E-state index contributed by atoms with van der Waals surface area (Å²) in [5.74, 6) is -0.0914. The fraction of sp³-hybridized carbons (Fsp3) is 0.263. The molecule has 0 heterocycles. The maximum absolute atomic E-state index is 12.0. The van der Waals surface area contributed by atoms with E-state index in [2.05, 4.69) is 17.8 Å².